The smallest absolute Gasteiger partial charge is 0.255 e. The summed E-state index contributed by atoms with van der Waals surface area (Å²) >= 11 is 0. The number of nitrogens with zero attached hydrogens (tertiary/aromatic N) is 3. The van der Waals surface area contributed by atoms with Gasteiger partial charge in [0.25, 0.3) is 5.91 Å². The summed E-state index contributed by atoms with van der Waals surface area (Å²) < 4.78 is 7.27. The van der Waals surface area contributed by atoms with Crippen LogP contribution in [0, 0.1) is 0 Å². The fourth-order valence-corrected chi connectivity index (χ4v) is 4.40. The minimum atomic E-state index is -0.191. The number of rotatable bonds is 7. The van der Waals surface area contributed by atoms with Crippen molar-refractivity contribution >= 4 is 22.8 Å². The minimum Gasteiger partial charge on any atom is -0.496 e. The topological polar surface area (TPSA) is 76.5 Å². The molecule has 4 rings (SSSR count). The van der Waals surface area contributed by atoms with Gasteiger partial charge in [-0.3, -0.25) is 9.59 Å². The molecule has 168 valence electrons. The van der Waals surface area contributed by atoms with Gasteiger partial charge in [0, 0.05) is 25.6 Å². The second-order valence-electron chi connectivity index (χ2n) is 8.24. The van der Waals surface area contributed by atoms with Gasteiger partial charge >= 0.3 is 0 Å². The Bertz CT molecular complexity index is 1110. The molecule has 2 amide bonds. The number of carbonyl (C=O) groups excluding carboxylic acids is 2. The van der Waals surface area contributed by atoms with Crippen LogP contribution in [0.1, 0.15) is 42.4 Å². The van der Waals surface area contributed by atoms with Crippen molar-refractivity contribution in [3.63, 3.8) is 0 Å². The first-order valence-electron chi connectivity index (χ1n) is 11.2. The van der Waals surface area contributed by atoms with Gasteiger partial charge in [0.2, 0.25) is 5.91 Å². The number of para-hydroxylation sites is 3. The van der Waals surface area contributed by atoms with Crippen molar-refractivity contribution in [1.29, 1.82) is 0 Å². The highest BCUT2D eigenvalue weighted by Crippen LogP contribution is 2.21. The largest absolute Gasteiger partial charge is 0.496 e. The van der Waals surface area contributed by atoms with E-state index in [1.54, 1.807) is 19.2 Å². The van der Waals surface area contributed by atoms with Crippen molar-refractivity contribution in [3.05, 3.63) is 59.9 Å². The molecule has 32 heavy (non-hydrogen) atoms. The number of aromatic nitrogens is 2. The molecule has 2 aromatic carbocycles. The lowest BCUT2D eigenvalue weighted by Crippen LogP contribution is -2.43. The second-order valence-corrected chi connectivity index (χ2v) is 8.24. The van der Waals surface area contributed by atoms with Crippen molar-refractivity contribution in [2.45, 2.75) is 45.2 Å². The van der Waals surface area contributed by atoms with Gasteiger partial charge in [-0.25, -0.2) is 4.98 Å². The minimum absolute atomic E-state index is 0.125. The molecule has 1 unspecified atom stereocenters. The monoisotopic (exact) mass is 434 g/mol. The number of likely N-dealkylation sites (tertiary alicyclic amines) is 1. The lowest BCUT2D eigenvalue weighted by atomic mass is 10.0. The van der Waals surface area contributed by atoms with Gasteiger partial charge in [-0.05, 0) is 50.5 Å². The van der Waals surface area contributed by atoms with E-state index in [1.807, 2.05) is 45.9 Å². The molecule has 0 bridgehead atoms. The molecular formula is C25H30N4O3. The van der Waals surface area contributed by atoms with Crippen LogP contribution in [0.15, 0.2) is 48.5 Å². The lowest BCUT2D eigenvalue weighted by molar-refractivity contribution is -0.135. The zero-order chi connectivity index (χ0) is 22.5. The molecule has 1 fully saturated rings. The Labute approximate surface area is 188 Å². The van der Waals surface area contributed by atoms with Crippen molar-refractivity contribution in [2.24, 2.45) is 0 Å². The van der Waals surface area contributed by atoms with E-state index < -0.39 is 0 Å². The van der Waals surface area contributed by atoms with Crippen LogP contribution in [0.3, 0.4) is 0 Å². The van der Waals surface area contributed by atoms with Gasteiger partial charge in [-0.1, -0.05) is 24.3 Å². The van der Waals surface area contributed by atoms with E-state index >= 15 is 0 Å². The Morgan fingerprint density at radius 1 is 1.12 bits per heavy atom. The van der Waals surface area contributed by atoms with Crippen LogP contribution in [0.2, 0.25) is 0 Å². The van der Waals surface area contributed by atoms with Gasteiger partial charge in [0.1, 0.15) is 18.1 Å². The zero-order valence-electron chi connectivity index (χ0n) is 18.7. The number of imidazole rings is 1. The number of ether oxygens (including phenoxy) is 1. The molecular weight excluding hydrogens is 404 g/mol. The average molecular weight is 435 g/mol. The van der Waals surface area contributed by atoms with Crippen molar-refractivity contribution in [3.8, 4) is 5.75 Å². The van der Waals surface area contributed by atoms with Crippen molar-refractivity contribution in [1.82, 2.24) is 19.8 Å². The summed E-state index contributed by atoms with van der Waals surface area (Å²) in [7, 11) is 1.55. The van der Waals surface area contributed by atoms with Crippen molar-refractivity contribution < 1.29 is 14.3 Å². The van der Waals surface area contributed by atoms with Crippen LogP contribution in [0.4, 0.5) is 0 Å². The fourth-order valence-electron chi connectivity index (χ4n) is 4.40. The number of hydrogen-bond donors (Lipinski definition) is 1. The van der Waals surface area contributed by atoms with Gasteiger partial charge in [0.15, 0.2) is 0 Å². The third-order valence-corrected chi connectivity index (χ3v) is 6.14. The molecule has 7 heteroatoms. The standard InChI is InChI=1S/C25H30N4O3/c1-18-9-7-8-16-28(18)24(30)17-29-21-12-5-4-11-20(21)27-23(29)14-15-26-25(31)19-10-3-6-13-22(19)32-2/h3-6,10-13,18H,7-9,14-17H2,1-2H3,(H,26,31). The summed E-state index contributed by atoms with van der Waals surface area (Å²) in [5.41, 5.74) is 2.30. The Morgan fingerprint density at radius 3 is 2.72 bits per heavy atom. The first-order chi connectivity index (χ1) is 15.6. The lowest BCUT2D eigenvalue weighted by Gasteiger charge is -2.33. The second kappa shape index (κ2) is 9.85. The summed E-state index contributed by atoms with van der Waals surface area (Å²) in [6, 6.07) is 15.3. The summed E-state index contributed by atoms with van der Waals surface area (Å²) in [6.45, 7) is 3.61. The molecule has 0 aliphatic carbocycles. The Balaban J connectivity index is 1.49. The predicted octanol–water partition coefficient (Wildman–Crippen LogP) is 3.42. The van der Waals surface area contributed by atoms with Crippen LogP contribution < -0.4 is 10.1 Å². The Morgan fingerprint density at radius 2 is 1.91 bits per heavy atom. The van der Waals surface area contributed by atoms with Crippen LogP contribution in [0.5, 0.6) is 5.75 Å². The highest BCUT2D eigenvalue weighted by Gasteiger charge is 2.24. The van der Waals surface area contributed by atoms with E-state index in [2.05, 4.69) is 12.2 Å². The molecule has 1 aliphatic heterocycles. The van der Waals surface area contributed by atoms with E-state index in [4.69, 9.17) is 9.72 Å². The van der Waals surface area contributed by atoms with Crippen molar-refractivity contribution in [2.75, 3.05) is 20.2 Å². The normalized spacial score (nSPS) is 16.2. The molecule has 1 atom stereocenters. The Hall–Kier alpha value is -3.35. The number of methoxy groups -OCH3 is 1. The summed E-state index contributed by atoms with van der Waals surface area (Å²) in [5, 5.41) is 2.95. The number of carbonyl (C=O) groups is 2. The van der Waals surface area contributed by atoms with E-state index in [1.165, 1.54) is 6.42 Å². The number of hydrogen-bond acceptors (Lipinski definition) is 4. The van der Waals surface area contributed by atoms with Crippen LogP contribution >= 0.6 is 0 Å². The zero-order valence-corrected chi connectivity index (χ0v) is 18.7. The average Bonchev–Trinajstić information content (AvgIpc) is 3.16. The maximum atomic E-state index is 13.1. The quantitative estimate of drug-likeness (QED) is 0.618. The van der Waals surface area contributed by atoms with Gasteiger partial charge in [-0.2, -0.15) is 0 Å². The number of benzene rings is 2. The predicted molar refractivity (Wildman–Crippen MR) is 124 cm³/mol. The third-order valence-electron chi connectivity index (χ3n) is 6.14. The summed E-state index contributed by atoms with van der Waals surface area (Å²) in [6.07, 6.45) is 3.81. The van der Waals surface area contributed by atoms with Gasteiger partial charge < -0.3 is 19.5 Å². The first-order valence-corrected chi connectivity index (χ1v) is 11.2. The molecule has 3 aromatic rings. The molecule has 1 saturated heterocycles. The molecule has 1 N–H and O–H groups in total. The highest BCUT2D eigenvalue weighted by atomic mass is 16.5. The SMILES string of the molecule is COc1ccccc1C(=O)NCCc1nc2ccccc2n1CC(=O)N1CCCCC1C. The van der Waals surface area contributed by atoms with Crippen LogP contribution in [-0.2, 0) is 17.8 Å². The van der Waals surface area contributed by atoms with Crippen LogP contribution in [-0.4, -0.2) is 52.5 Å². The van der Waals surface area contributed by atoms with Crippen LogP contribution in [0.25, 0.3) is 11.0 Å². The van der Waals surface area contributed by atoms with E-state index in [0.29, 0.717) is 24.3 Å². The fraction of sp³-hybridized carbons (Fsp3) is 0.400. The molecule has 0 spiro atoms. The number of piperidine rings is 1. The molecule has 1 aliphatic rings. The third kappa shape index (κ3) is 4.61. The molecule has 0 radical (unpaired) electrons. The Kier molecular flexibility index (Phi) is 6.73. The number of amides is 2. The molecule has 7 nitrogen and oxygen atoms in total. The number of fused-ring (bicyclic) bond motifs is 1. The summed E-state index contributed by atoms with van der Waals surface area (Å²) in [5.74, 6) is 1.27. The maximum Gasteiger partial charge on any atom is 0.255 e. The molecule has 2 heterocycles. The van der Waals surface area contributed by atoms with E-state index in [-0.39, 0.29) is 24.4 Å². The maximum absolute atomic E-state index is 13.1. The highest BCUT2D eigenvalue weighted by molar-refractivity contribution is 5.96. The molecule has 1 aromatic heterocycles. The van der Waals surface area contributed by atoms with E-state index in [0.717, 1.165) is 36.2 Å². The van der Waals surface area contributed by atoms with E-state index in [9.17, 15) is 9.59 Å². The number of nitrogens with one attached hydrogen (secondary N) is 1. The van der Waals surface area contributed by atoms with Gasteiger partial charge in [0.05, 0.1) is 23.7 Å². The first kappa shape index (κ1) is 21.9. The molecule has 0 saturated carbocycles. The van der Waals surface area contributed by atoms with Gasteiger partial charge in [-0.15, -0.1) is 0 Å². The summed E-state index contributed by atoms with van der Waals surface area (Å²) in [4.78, 5) is 32.5.